The van der Waals surface area contributed by atoms with E-state index in [2.05, 4.69) is 64.9 Å². The van der Waals surface area contributed by atoms with Crippen LogP contribution in [0.5, 0.6) is 5.75 Å². The fraction of sp³-hybridized carbons (Fsp3) is 0.500. The Kier molecular flexibility index (Phi) is 10.1. The quantitative estimate of drug-likeness (QED) is 0.259. The predicted molar refractivity (Wildman–Crippen MR) is 146 cm³/mol. The maximum Gasteiger partial charge on any atom is 0.191 e. The first-order valence-electron chi connectivity index (χ1n) is 12.0. The number of nitrogens with one attached hydrogen (secondary N) is 2. The van der Waals surface area contributed by atoms with Crippen molar-refractivity contribution in [2.75, 3.05) is 44.3 Å². The van der Waals surface area contributed by atoms with E-state index in [1.807, 2.05) is 0 Å². The Morgan fingerprint density at radius 1 is 1.09 bits per heavy atom. The topological polar surface area (TPSA) is 69.1 Å². The van der Waals surface area contributed by atoms with Gasteiger partial charge in [-0.25, -0.2) is 4.99 Å². The van der Waals surface area contributed by atoms with Crippen LogP contribution in [-0.2, 0) is 19.4 Å². The Bertz CT molecular complexity index is 896. The zero-order chi connectivity index (χ0) is 22.2. The van der Waals surface area contributed by atoms with Crippen molar-refractivity contribution in [1.82, 2.24) is 10.6 Å². The zero-order valence-electron chi connectivity index (χ0n) is 19.6. The lowest BCUT2D eigenvalue weighted by Gasteiger charge is -2.32. The van der Waals surface area contributed by atoms with Crippen molar-refractivity contribution < 1.29 is 9.84 Å². The third kappa shape index (κ3) is 7.24. The molecule has 0 radical (unpaired) electrons. The standard InChI is InChI=1S/C26H36N4O2.HI/c1-2-27-26(28-13-9-20-5-8-25-23(17-20)12-16-32-25)29-18-21-3-6-24(7-4-21)30-14-10-22(19-31)11-15-30;/h3-8,17,22,31H,2,9-16,18-19H2,1H3,(H2,27,28,29);1H. The highest BCUT2D eigenvalue weighted by atomic mass is 127. The molecule has 4 rings (SSSR count). The zero-order valence-corrected chi connectivity index (χ0v) is 21.9. The maximum absolute atomic E-state index is 9.33. The van der Waals surface area contributed by atoms with Gasteiger partial charge in [0, 0.05) is 44.9 Å². The van der Waals surface area contributed by atoms with Gasteiger partial charge in [-0.3, -0.25) is 0 Å². The molecule has 3 N–H and O–H groups in total. The summed E-state index contributed by atoms with van der Waals surface area (Å²) < 4.78 is 5.60. The minimum Gasteiger partial charge on any atom is -0.493 e. The van der Waals surface area contributed by atoms with Crippen LogP contribution in [0.25, 0.3) is 0 Å². The highest BCUT2D eigenvalue weighted by Gasteiger charge is 2.18. The number of nitrogens with zero attached hydrogens (tertiary/aromatic N) is 2. The molecule has 6 nitrogen and oxygen atoms in total. The van der Waals surface area contributed by atoms with Gasteiger partial charge in [-0.2, -0.15) is 0 Å². The molecule has 2 heterocycles. The van der Waals surface area contributed by atoms with E-state index in [0.29, 0.717) is 19.1 Å². The summed E-state index contributed by atoms with van der Waals surface area (Å²) in [5, 5.41) is 16.1. The first kappa shape index (κ1) is 25.6. The summed E-state index contributed by atoms with van der Waals surface area (Å²) in [6.07, 6.45) is 4.11. The fourth-order valence-corrected chi connectivity index (χ4v) is 4.42. The van der Waals surface area contributed by atoms with Crippen LogP contribution in [0.15, 0.2) is 47.5 Å². The average Bonchev–Trinajstić information content (AvgIpc) is 3.31. The number of fused-ring (bicyclic) bond motifs is 1. The second kappa shape index (κ2) is 13.0. The first-order valence-corrected chi connectivity index (χ1v) is 12.0. The first-order chi connectivity index (χ1) is 15.7. The van der Waals surface area contributed by atoms with Crippen molar-refractivity contribution in [2.24, 2.45) is 10.9 Å². The highest BCUT2D eigenvalue weighted by molar-refractivity contribution is 14.0. The lowest BCUT2D eigenvalue weighted by molar-refractivity contribution is 0.203. The van der Waals surface area contributed by atoms with Crippen LogP contribution in [0.4, 0.5) is 5.69 Å². The van der Waals surface area contributed by atoms with Gasteiger partial charge in [-0.1, -0.05) is 24.3 Å². The average molecular weight is 565 g/mol. The van der Waals surface area contributed by atoms with Crippen LogP contribution in [-0.4, -0.2) is 50.5 Å². The molecule has 2 aliphatic heterocycles. The van der Waals surface area contributed by atoms with E-state index >= 15 is 0 Å². The van der Waals surface area contributed by atoms with Gasteiger partial charge in [0.1, 0.15) is 5.75 Å². The summed E-state index contributed by atoms with van der Waals surface area (Å²) in [5.41, 5.74) is 5.12. The summed E-state index contributed by atoms with van der Waals surface area (Å²) in [7, 11) is 0. The van der Waals surface area contributed by atoms with E-state index in [-0.39, 0.29) is 24.0 Å². The molecule has 0 unspecified atom stereocenters. The molecule has 0 bridgehead atoms. The van der Waals surface area contributed by atoms with E-state index in [1.54, 1.807) is 0 Å². The van der Waals surface area contributed by atoms with E-state index in [1.165, 1.54) is 22.4 Å². The van der Waals surface area contributed by atoms with Crippen LogP contribution in [0.3, 0.4) is 0 Å². The molecule has 7 heteroatoms. The van der Waals surface area contributed by atoms with Gasteiger partial charge in [0.25, 0.3) is 0 Å². The number of ether oxygens (including phenoxy) is 1. The fourth-order valence-electron chi connectivity index (χ4n) is 4.42. The molecule has 0 atom stereocenters. The van der Waals surface area contributed by atoms with Gasteiger partial charge < -0.3 is 25.4 Å². The SMILES string of the molecule is CCNC(=NCc1ccc(N2CCC(CO)CC2)cc1)NCCc1ccc2c(c1)CCO2.I. The number of anilines is 1. The van der Waals surface area contributed by atoms with Crippen molar-refractivity contribution in [3.8, 4) is 5.75 Å². The van der Waals surface area contributed by atoms with Crippen LogP contribution >= 0.6 is 24.0 Å². The minimum absolute atomic E-state index is 0. The molecule has 1 saturated heterocycles. The Labute approximate surface area is 214 Å². The molecular weight excluding hydrogens is 527 g/mol. The van der Waals surface area contributed by atoms with Crippen LogP contribution < -0.4 is 20.3 Å². The van der Waals surface area contributed by atoms with E-state index in [9.17, 15) is 5.11 Å². The Balaban J connectivity index is 0.00000306. The predicted octanol–water partition coefficient (Wildman–Crippen LogP) is 3.75. The molecular formula is C26H37IN4O2. The number of guanidine groups is 1. The van der Waals surface area contributed by atoms with E-state index in [4.69, 9.17) is 9.73 Å². The molecule has 2 aromatic rings. The summed E-state index contributed by atoms with van der Waals surface area (Å²) in [4.78, 5) is 7.18. The monoisotopic (exact) mass is 564 g/mol. The summed E-state index contributed by atoms with van der Waals surface area (Å²) in [6, 6.07) is 15.3. The third-order valence-corrected chi connectivity index (χ3v) is 6.40. The molecule has 0 spiro atoms. The maximum atomic E-state index is 9.33. The molecule has 2 aromatic carbocycles. The van der Waals surface area contributed by atoms with Crippen molar-refractivity contribution in [2.45, 2.75) is 39.2 Å². The van der Waals surface area contributed by atoms with Crippen molar-refractivity contribution >= 4 is 35.6 Å². The van der Waals surface area contributed by atoms with Crippen molar-refractivity contribution in [3.05, 3.63) is 59.2 Å². The molecule has 0 amide bonds. The number of benzene rings is 2. The minimum atomic E-state index is 0. The Morgan fingerprint density at radius 3 is 2.58 bits per heavy atom. The summed E-state index contributed by atoms with van der Waals surface area (Å²) >= 11 is 0. The number of aliphatic hydroxyl groups excluding tert-OH is 1. The normalized spacial score (nSPS) is 16.1. The number of halogens is 1. The number of rotatable bonds is 8. The summed E-state index contributed by atoms with van der Waals surface area (Å²) in [6.45, 7) is 7.58. The van der Waals surface area contributed by atoms with Gasteiger partial charge in [-0.15, -0.1) is 24.0 Å². The lowest BCUT2D eigenvalue weighted by Crippen LogP contribution is -2.38. The van der Waals surface area contributed by atoms with Crippen molar-refractivity contribution in [1.29, 1.82) is 0 Å². The van der Waals surface area contributed by atoms with Gasteiger partial charge in [0.15, 0.2) is 5.96 Å². The summed E-state index contributed by atoms with van der Waals surface area (Å²) in [5.74, 6) is 2.36. The van der Waals surface area contributed by atoms with Crippen LogP contribution in [0.1, 0.15) is 36.5 Å². The van der Waals surface area contributed by atoms with E-state index in [0.717, 1.165) is 70.2 Å². The number of aliphatic hydroxyl groups is 1. The second-order valence-electron chi connectivity index (χ2n) is 8.69. The lowest BCUT2D eigenvalue weighted by atomic mass is 9.97. The van der Waals surface area contributed by atoms with Gasteiger partial charge in [-0.05, 0) is 67.0 Å². The molecule has 0 aromatic heterocycles. The van der Waals surface area contributed by atoms with Gasteiger partial charge >= 0.3 is 0 Å². The van der Waals surface area contributed by atoms with Crippen molar-refractivity contribution in [3.63, 3.8) is 0 Å². The Morgan fingerprint density at radius 2 is 1.85 bits per heavy atom. The highest BCUT2D eigenvalue weighted by Crippen LogP contribution is 2.26. The number of hydrogen-bond donors (Lipinski definition) is 3. The molecule has 180 valence electrons. The molecule has 2 aliphatic rings. The molecule has 33 heavy (non-hydrogen) atoms. The Hall–Kier alpha value is -2.00. The number of piperidine rings is 1. The van der Waals surface area contributed by atoms with E-state index < -0.39 is 0 Å². The second-order valence-corrected chi connectivity index (χ2v) is 8.69. The van der Waals surface area contributed by atoms with Crippen LogP contribution in [0, 0.1) is 5.92 Å². The largest absolute Gasteiger partial charge is 0.493 e. The van der Waals surface area contributed by atoms with Crippen LogP contribution in [0.2, 0.25) is 0 Å². The number of aliphatic imine (C=N–C) groups is 1. The van der Waals surface area contributed by atoms with Gasteiger partial charge in [0.05, 0.1) is 13.2 Å². The smallest absolute Gasteiger partial charge is 0.191 e. The molecule has 1 fully saturated rings. The molecule has 0 aliphatic carbocycles. The molecule has 0 saturated carbocycles. The van der Waals surface area contributed by atoms with Gasteiger partial charge in [0.2, 0.25) is 0 Å². The number of hydrogen-bond acceptors (Lipinski definition) is 4. The third-order valence-electron chi connectivity index (χ3n) is 6.40.